The molecule has 3 aromatic rings. The van der Waals surface area contributed by atoms with Crippen molar-refractivity contribution in [3.63, 3.8) is 0 Å². The summed E-state index contributed by atoms with van der Waals surface area (Å²) in [6.07, 6.45) is 0. The summed E-state index contributed by atoms with van der Waals surface area (Å²) in [5.74, 6) is -1.94. The SMILES string of the molecule is CC1[C@H](c2ccccc2)[C@@]1(NS(=O)(=O)N1CCN(c2nc3ccccc3o2)CC1)C(=O)O. The average molecular weight is 457 g/mol. The highest BCUT2D eigenvalue weighted by Crippen LogP contribution is 2.57. The fraction of sp³-hybridized carbons (Fsp3) is 0.364. The number of benzene rings is 2. The third-order valence-corrected chi connectivity index (χ3v) is 8.18. The first-order chi connectivity index (χ1) is 15.3. The fourth-order valence-corrected chi connectivity index (χ4v) is 6.29. The van der Waals surface area contributed by atoms with Crippen LogP contribution in [0.5, 0.6) is 0 Å². The lowest BCUT2D eigenvalue weighted by molar-refractivity contribution is -0.140. The van der Waals surface area contributed by atoms with Crippen molar-refractivity contribution in [3.8, 4) is 0 Å². The molecule has 1 aromatic heterocycles. The van der Waals surface area contributed by atoms with Crippen molar-refractivity contribution in [2.24, 2.45) is 5.92 Å². The molecule has 2 aliphatic rings. The van der Waals surface area contributed by atoms with E-state index >= 15 is 0 Å². The molecule has 1 unspecified atom stereocenters. The van der Waals surface area contributed by atoms with Gasteiger partial charge >= 0.3 is 5.97 Å². The van der Waals surface area contributed by atoms with E-state index in [1.54, 1.807) is 6.92 Å². The molecule has 10 heteroatoms. The zero-order chi connectivity index (χ0) is 22.5. The number of oxazole rings is 1. The number of fused-ring (bicyclic) bond motifs is 1. The number of nitrogens with zero attached hydrogens (tertiary/aromatic N) is 3. The number of aromatic nitrogens is 1. The Morgan fingerprint density at radius 2 is 1.75 bits per heavy atom. The van der Waals surface area contributed by atoms with E-state index in [2.05, 4.69) is 9.71 Å². The van der Waals surface area contributed by atoms with Gasteiger partial charge < -0.3 is 14.4 Å². The smallest absolute Gasteiger partial charge is 0.325 e. The van der Waals surface area contributed by atoms with Gasteiger partial charge in [-0.05, 0) is 23.6 Å². The first-order valence-corrected chi connectivity index (χ1v) is 11.9. The van der Waals surface area contributed by atoms with Gasteiger partial charge in [0, 0.05) is 32.1 Å². The predicted octanol–water partition coefficient (Wildman–Crippen LogP) is 2.04. The molecular weight excluding hydrogens is 432 g/mol. The third kappa shape index (κ3) is 3.35. The summed E-state index contributed by atoms with van der Waals surface area (Å²) in [5, 5.41) is 9.95. The van der Waals surface area contributed by atoms with Crippen LogP contribution in [0.1, 0.15) is 18.4 Å². The number of nitrogens with one attached hydrogen (secondary N) is 1. The monoisotopic (exact) mass is 456 g/mol. The van der Waals surface area contributed by atoms with Gasteiger partial charge in [-0.15, -0.1) is 0 Å². The third-order valence-electron chi connectivity index (χ3n) is 6.54. The van der Waals surface area contributed by atoms with E-state index in [0.717, 1.165) is 11.1 Å². The van der Waals surface area contributed by atoms with Crippen LogP contribution >= 0.6 is 0 Å². The molecule has 9 nitrogen and oxygen atoms in total. The van der Waals surface area contributed by atoms with Crippen LogP contribution in [-0.4, -0.2) is 60.5 Å². The van der Waals surface area contributed by atoms with Crippen LogP contribution in [0.15, 0.2) is 59.0 Å². The number of hydrogen-bond donors (Lipinski definition) is 2. The lowest BCUT2D eigenvalue weighted by Gasteiger charge is -2.33. The van der Waals surface area contributed by atoms with Crippen molar-refractivity contribution in [1.29, 1.82) is 0 Å². The van der Waals surface area contributed by atoms with Gasteiger partial charge in [0.05, 0.1) is 0 Å². The highest BCUT2D eigenvalue weighted by atomic mass is 32.2. The molecule has 1 aliphatic carbocycles. The first-order valence-electron chi connectivity index (χ1n) is 10.5. The molecule has 0 spiro atoms. The van der Waals surface area contributed by atoms with E-state index < -0.39 is 27.6 Å². The molecule has 1 saturated heterocycles. The Labute approximate surface area is 185 Å². The molecule has 2 fully saturated rings. The lowest BCUT2D eigenvalue weighted by Crippen LogP contribution is -2.56. The predicted molar refractivity (Wildman–Crippen MR) is 119 cm³/mol. The normalized spacial score (nSPS) is 26.3. The Hall–Kier alpha value is -2.95. The van der Waals surface area contributed by atoms with E-state index in [-0.39, 0.29) is 19.0 Å². The van der Waals surface area contributed by atoms with Gasteiger partial charge in [0.25, 0.3) is 16.2 Å². The quantitative estimate of drug-likeness (QED) is 0.583. The lowest BCUT2D eigenvalue weighted by atomic mass is 10.1. The standard InChI is InChI=1S/C22H24N4O5S/c1-15-19(16-7-3-2-4-8-16)22(15,20(27)28)24-32(29,30)26-13-11-25(12-14-26)21-23-17-9-5-6-10-18(17)31-21/h2-10,15,19,24H,11-14H2,1H3,(H,27,28)/t15?,19-,22-/m1/s1. The molecule has 2 N–H and O–H groups in total. The second kappa shape index (κ2) is 7.58. The Morgan fingerprint density at radius 3 is 2.41 bits per heavy atom. The molecule has 0 bridgehead atoms. The van der Waals surface area contributed by atoms with Crippen molar-refractivity contribution < 1.29 is 22.7 Å². The molecule has 2 heterocycles. The van der Waals surface area contributed by atoms with E-state index in [9.17, 15) is 18.3 Å². The van der Waals surface area contributed by atoms with E-state index in [0.29, 0.717) is 24.7 Å². The highest BCUT2D eigenvalue weighted by molar-refractivity contribution is 7.87. The van der Waals surface area contributed by atoms with Gasteiger partial charge in [-0.2, -0.15) is 22.4 Å². The molecule has 1 saturated carbocycles. The number of hydrogen-bond acceptors (Lipinski definition) is 6. The number of anilines is 1. The molecule has 1 aliphatic heterocycles. The topological polar surface area (TPSA) is 116 Å². The summed E-state index contributed by atoms with van der Waals surface area (Å²) >= 11 is 0. The van der Waals surface area contributed by atoms with Gasteiger partial charge in [0.1, 0.15) is 11.1 Å². The average Bonchev–Trinajstić information content (AvgIpc) is 3.16. The van der Waals surface area contributed by atoms with Crippen LogP contribution in [0, 0.1) is 5.92 Å². The Bertz CT molecular complexity index is 1220. The van der Waals surface area contributed by atoms with Crippen LogP contribution in [0.2, 0.25) is 0 Å². The van der Waals surface area contributed by atoms with Gasteiger partial charge in [0.2, 0.25) is 0 Å². The number of carbonyl (C=O) groups is 1. The van der Waals surface area contributed by atoms with E-state index in [4.69, 9.17) is 4.42 Å². The summed E-state index contributed by atoms with van der Waals surface area (Å²) in [5.41, 5.74) is 0.693. The molecule has 5 rings (SSSR count). The zero-order valence-electron chi connectivity index (χ0n) is 17.5. The highest BCUT2D eigenvalue weighted by Gasteiger charge is 2.70. The number of rotatable bonds is 6. The molecule has 0 amide bonds. The summed E-state index contributed by atoms with van der Waals surface area (Å²) in [7, 11) is -4.00. The first kappa shape index (κ1) is 20.9. The van der Waals surface area contributed by atoms with Crippen molar-refractivity contribution in [1.82, 2.24) is 14.0 Å². The maximum atomic E-state index is 13.1. The largest absolute Gasteiger partial charge is 0.480 e. The Morgan fingerprint density at radius 1 is 1.09 bits per heavy atom. The number of carboxylic acid groups (broad SMARTS) is 1. The molecule has 3 atom stereocenters. The molecule has 168 valence electrons. The van der Waals surface area contributed by atoms with E-state index in [1.165, 1.54) is 4.31 Å². The maximum Gasteiger partial charge on any atom is 0.325 e. The fourth-order valence-electron chi connectivity index (χ4n) is 4.69. The Kier molecular flexibility index (Phi) is 4.95. The summed E-state index contributed by atoms with van der Waals surface area (Å²) < 4.78 is 35.9. The Balaban J connectivity index is 1.30. The number of aliphatic carboxylic acids is 1. The van der Waals surface area contributed by atoms with Crippen LogP contribution in [0.3, 0.4) is 0 Å². The van der Waals surface area contributed by atoms with Crippen molar-refractivity contribution in [2.75, 3.05) is 31.1 Å². The minimum Gasteiger partial charge on any atom is -0.480 e. The number of carboxylic acids is 1. The van der Waals surface area contributed by atoms with Gasteiger partial charge in [-0.25, -0.2) is 0 Å². The molecular formula is C22H24N4O5S. The maximum absolute atomic E-state index is 13.1. The second-order valence-electron chi connectivity index (χ2n) is 8.31. The van der Waals surface area contributed by atoms with Crippen molar-refractivity contribution in [2.45, 2.75) is 18.4 Å². The minimum absolute atomic E-state index is 0.203. The van der Waals surface area contributed by atoms with Gasteiger partial charge in [-0.1, -0.05) is 49.4 Å². The molecule has 0 radical (unpaired) electrons. The van der Waals surface area contributed by atoms with Gasteiger partial charge in [-0.3, -0.25) is 4.79 Å². The van der Waals surface area contributed by atoms with Gasteiger partial charge in [0.15, 0.2) is 5.58 Å². The summed E-state index contributed by atoms with van der Waals surface area (Å²) in [6.45, 7) is 2.96. The van der Waals surface area contributed by atoms with E-state index in [1.807, 2.05) is 59.5 Å². The zero-order valence-corrected chi connectivity index (χ0v) is 18.3. The summed E-state index contributed by atoms with van der Waals surface area (Å²) in [6, 6.07) is 17.1. The van der Waals surface area contributed by atoms with Crippen molar-refractivity contribution >= 4 is 33.3 Å². The molecule has 32 heavy (non-hydrogen) atoms. The number of piperazine rings is 1. The molecule has 2 aromatic carbocycles. The minimum atomic E-state index is -4.00. The number of para-hydroxylation sites is 2. The van der Waals surface area contributed by atoms with Crippen LogP contribution in [-0.2, 0) is 15.0 Å². The summed E-state index contributed by atoms with van der Waals surface area (Å²) in [4.78, 5) is 18.5. The van der Waals surface area contributed by atoms with Crippen LogP contribution in [0.25, 0.3) is 11.1 Å². The van der Waals surface area contributed by atoms with Crippen LogP contribution in [0.4, 0.5) is 6.01 Å². The van der Waals surface area contributed by atoms with Crippen LogP contribution < -0.4 is 9.62 Å². The van der Waals surface area contributed by atoms with Crippen molar-refractivity contribution in [3.05, 3.63) is 60.2 Å². The second-order valence-corrected chi connectivity index (χ2v) is 9.98.